The molecule has 5 heteroatoms. The number of aromatic nitrogens is 1. The first-order valence-electron chi connectivity index (χ1n) is 6.63. The van der Waals surface area contributed by atoms with Crippen LogP contribution >= 0.6 is 11.6 Å². The number of rotatable bonds is 6. The molecule has 0 unspecified atom stereocenters. The van der Waals surface area contributed by atoms with Gasteiger partial charge in [0.15, 0.2) is 0 Å². The topological polar surface area (TPSA) is 42.4 Å². The number of benzene rings is 1. The second-order valence-electron chi connectivity index (χ2n) is 4.58. The van der Waals surface area contributed by atoms with E-state index in [-0.39, 0.29) is 5.91 Å². The Morgan fingerprint density at radius 3 is 2.48 bits per heavy atom. The van der Waals surface area contributed by atoms with E-state index in [4.69, 9.17) is 16.3 Å². The quantitative estimate of drug-likeness (QED) is 0.824. The van der Waals surface area contributed by atoms with Crippen molar-refractivity contribution in [1.29, 1.82) is 0 Å². The minimum Gasteiger partial charge on any atom is -0.383 e. The van der Waals surface area contributed by atoms with E-state index in [1.54, 1.807) is 48.7 Å². The van der Waals surface area contributed by atoms with E-state index < -0.39 is 0 Å². The van der Waals surface area contributed by atoms with Gasteiger partial charge in [-0.05, 0) is 42.0 Å². The van der Waals surface area contributed by atoms with Gasteiger partial charge >= 0.3 is 0 Å². The van der Waals surface area contributed by atoms with E-state index in [2.05, 4.69) is 4.98 Å². The molecule has 0 N–H and O–H groups in total. The maximum Gasteiger partial charge on any atom is 0.254 e. The van der Waals surface area contributed by atoms with Crippen LogP contribution in [0.5, 0.6) is 0 Å². The molecule has 0 bridgehead atoms. The van der Waals surface area contributed by atoms with Crippen LogP contribution in [0.4, 0.5) is 0 Å². The number of hydrogen-bond donors (Lipinski definition) is 0. The van der Waals surface area contributed by atoms with Crippen molar-refractivity contribution >= 4 is 17.5 Å². The Morgan fingerprint density at radius 2 is 1.86 bits per heavy atom. The molecule has 1 heterocycles. The molecule has 1 amide bonds. The highest BCUT2D eigenvalue weighted by molar-refractivity contribution is 6.30. The van der Waals surface area contributed by atoms with Crippen LogP contribution in [-0.4, -0.2) is 36.1 Å². The monoisotopic (exact) mass is 304 g/mol. The van der Waals surface area contributed by atoms with Gasteiger partial charge in [-0.3, -0.25) is 9.78 Å². The predicted molar refractivity (Wildman–Crippen MR) is 82.3 cm³/mol. The lowest BCUT2D eigenvalue weighted by molar-refractivity contribution is 0.0680. The fourth-order valence-electron chi connectivity index (χ4n) is 1.94. The summed E-state index contributed by atoms with van der Waals surface area (Å²) < 4.78 is 5.09. The summed E-state index contributed by atoms with van der Waals surface area (Å²) >= 11 is 5.86. The summed E-state index contributed by atoms with van der Waals surface area (Å²) in [5.41, 5.74) is 1.65. The van der Waals surface area contributed by atoms with Crippen molar-refractivity contribution in [2.75, 3.05) is 20.3 Å². The molecule has 21 heavy (non-hydrogen) atoms. The molecule has 0 aliphatic heterocycles. The average Bonchev–Trinajstić information content (AvgIpc) is 2.52. The molecule has 0 aliphatic rings. The van der Waals surface area contributed by atoms with Gasteiger partial charge in [0.25, 0.3) is 5.91 Å². The van der Waals surface area contributed by atoms with Crippen molar-refractivity contribution < 1.29 is 9.53 Å². The zero-order valence-electron chi connectivity index (χ0n) is 11.8. The minimum absolute atomic E-state index is 0.0412. The fourth-order valence-corrected chi connectivity index (χ4v) is 2.06. The summed E-state index contributed by atoms with van der Waals surface area (Å²) in [4.78, 5) is 18.3. The van der Waals surface area contributed by atoms with E-state index in [1.165, 1.54) is 0 Å². The standard InChI is InChI=1S/C16H17ClN2O2/c1-21-11-10-19(12-13-6-8-18-9-7-13)16(20)14-2-4-15(17)5-3-14/h2-9H,10-12H2,1H3. The summed E-state index contributed by atoms with van der Waals surface area (Å²) in [5, 5.41) is 0.615. The van der Waals surface area contributed by atoms with Crippen LogP contribution in [0.1, 0.15) is 15.9 Å². The summed E-state index contributed by atoms with van der Waals surface area (Å²) in [7, 11) is 1.62. The molecule has 0 atom stereocenters. The zero-order valence-corrected chi connectivity index (χ0v) is 12.6. The number of methoxy groups -OCH3 is 1. The molecular formula is C16H17ClN2O2. The second kappa shape index (κ2) is 7.76. The lowest BCUT2D eigenvalue weighted by Crippen LogP contribution is -2.33. The van der Waals surface area contributed by atoms with Crippen molar-refractivity contribution in [2.45, 2.75) is 6.54 Å². The molecule has 2 rings (SSSR count). The second-order valence-corrected chi connectivity index (χ2v) is 5.02. The first-order valence-corrected chi connectivity index (χ1v) is 7.01. The Hall–Kier alpha value is -1.91. The molecule has 0 fully saturated rings. The van der Waals surface area contributed by atoms with E-state index in [9.17, 15) is 4.79 Å². The third kappa shape index (κ3) is 4.55. The average molecular weight is 305 g/mol. The van der Waals surface area contributed by atoms with E-state index in [1.807, 2.05) is 12.1 Å². The van der Waals surface area contributed by atoms with Gasteiger partial charge in [-0.15, -0.1) is 0 Å². The van der Waals surface area contributed by atoms with Crippen molar-refractivity contribution in [3.63, 3.8) is 0 Å². The molecule has 0 radical (unpaired) electrons. The van der Waals surface area contributed by atoms with Crippen LogP contribution in [0.2, 0.25) is 5.02 Å². The Bertz CT molecular complexity index is 573. The molecule has 0 aliphatic carbocycles. The largest absolute Gasteiger partial charge is 0.383 e. The van der Waals surface area contributed by atoms with Crippen LogP contribution in [0.25, 0.3) is 0 Å². The maximum absolute atomic E-state index is 12.6. The molecule has 0 saturated heterocycles. The molecule has 110 valence electrons. The van der Waals surface area contributed by atoms with Gasteiger partial charge in [0, 0.05) is 43.2 Å². The molecule has 0 saturated carbocycles. The minimum atomic E-state index is -0.0412. The van der Waals surface area contributed by atoms with Crippen LogP contribution in [0, 0.1) is 0 Å². The van der Waals surface area contributed by atoms with Gasteiger partial charge in [-0.25, -0.2) is 0 Å². The van der Waals surface area contributed by atoms with Crippen LogP contribution < -0.4 is 0 Å². The highest BCUT2D eigenvalue weighted by Crippen LogP contribution is 2.13. The number of pyridine rings is 1. The Labute approximate surface area is 129 Å². The third-order valence-electron chi connectivity index (χ3n) is 3.07. The molecule has 4 nitrogen and oxygen atoms in total. The highest BCUT2D eigenvalue weighted by Gasteiger charge is 2.15. The summed E-state index contributed by atoms with van der Waals surface area (Å²) in [6.07, 6.45) is 3.44. The van der Waals surface area contributed by atoms with Gasteiger partial charge in [0.2, 0.25) is 0 Å². The van der Waals surface area contributed by atoms with Crippen LogP contribution in [-0.2, 0) is 11.3 Å². The Morgan fingerprint density at radius 1 is 1.19 bits per heavy atom. The molecule has 1 aromatic heterocycles. The highest BCUT2D eigenvalue weighted by atomic mass is 35.5. The Balaban J connectivity index is 2.14. The normalized spacial score (nSPS) is 10.4. The van der Waals surface area contributed by atoms with Gasteiger partial charge in [-0.2, -0.15) is 0 Å². The lowest BCUT2D eigenvalue weighted by Gasteiger charge is -2.22. The molecular weight excluding hydrogens is 288 g/mol. The summed E-state index contributed by atoms with van der Waals surface area (Å²) in [5.74, 6) is -0.0412. The number of amides is 1. The van der Waals surface area contributed by atoms with Gasteiger partial charge in [0.1, 0.15) is 0 Å². The van der Waals surface area contributed by atoms with Crippen molar-refractivity contribution in [1.82, 2.24) is 9.88 Å². The maximum atomic E-state index is 12.6. The van der Waals surface area contributed by atoms with Crippen molar-refractivity contribution in [3.05, 3.63) is 64.9 Å². The summed E-state index contributed by atoms with van der Waals surface area (Å²) in [6.45, 7) is 1.54. The lowest BCUT2D eigenvalue weighted by atomic mass is 10.1. The van der Waals surface area contributed by atoms with E-state index in [0.717, 1.165) is 5.56 Å². The SMILES string of the molecule is COCCN(Cc1ccncc1)C(=O)c1ccc(Cl)cc1. The van der Waals surface area contributed by atoms with Crippen LogP contribution in [0.15, 0.2) is 48.8 Å². The third-order valence-corrected chi connectivity index (χ3v) is 3.32. The molecule has 1 aromatic carbocycles. The van der Waals surface area contributed by atoms with Crippen molar-refractivity contribution in [2.24, 2.45) is 0 Å². The van der Waals surface area contributed by atoms with Gasteiger partial charge in [-0.1, -0.05) is 11.6 Å². The predicted octanol–water partition coefficient (Wildman–Crippen LogP) is 3.02. The molecule has 2 aromatic rings. The smallest absolute Gasteiger partial charge is 0.254 e. The van der Waals surface area contributed by atoms with E-state index in [0.29, 0.717) is 30.3 Å². The number of carbonyl (C=O) groups is 1. The number of hydrogen-bond acceptors (Lipinski definition) is 3. The van der Waals surface area contributed by atoms with E-state index >= 15 is 0 Å². The number of ether oxygens (including phenoxy) is 1. The van der Waals surface area contributed by atoms with Gasteiger partial charge in [0.05, 0.1) is 6.61 Å². The first-order chi connectivity index (χ1) is 10.2. The Kier molecular flexibility index (Phi) is 5.72. The zero-order chi connectivity index (χ0) is 15.1. The number of carbonyl (C=O) groups excluding carboxylic acids is 1. The number of nitrogens with zero attached hydrogens (tertiary/aromatic N) is 2. The molecule has 0 spiro atoms. The van der Waals surface area contributed by atoms with Crippen LogP contribution in [0.3, 0.4) is 0 Å². The fraction of sp³-hybridized carbons (Fsp3) is 0.250. The van der Waals surface area contributed by atoms with Gasteiger partial charge < -0.3 is 9.64 Å². The number of halogens is 1. The summed E-state index contributed by atoms with van der Waals surface area (Å²) in [6, 6.07) is 10.7. The van der Waals surface area contributed by atoms with Crippen molar-refractivity contribution in [3.8, 4) is 0 Å². The first kappa shape index (κ1) is 15.5.